The molecule has 5 heteroatoms. The van der Waals surface area contributed by atoms with Crippen molar-refractivity contribution in [1.82, 2.24) is 14.7 Å². The summed E-state index contributed by atoms with van der Waals surface area (Å²) in [7, 11) is 0. The second kappa shape index (κ2) is 9.84. The third-order valence-corrected chi connectivity index (χ3v) is 6.18. The van der Waals surface area contributed by atoms with Gasteiger partial charge in [0.05, 0.1) is 18.3 Å². The van der Waals surface area contributed by atoms with Crippen molar-refractivity contribution in [3.63, 3.8) is 0 Å². The van der Waals surface area contributed by atoms with Crippen LogP contribution in [-0.4, -0.2) is 40.2 Å². The van der Waals surface area contributed by atoms with Crippen LogP contribution >= 0.6 is 0 Å². The van der Waals surface area contributed by atoms with Crippen molar-refractivity contribution in [2.24, 2.45) is 0 Å². The monoisotopic (exact) mass is 436 g/mol. The largest absolute Gasteiger partial charge is 0.322 e. The lowest BCUT2D eigenvalue weighted by atomic mass is 10.0. The topological polar surface area (TPSA) is 50.2 Å². The van der Waals surface area contributed by atoms with E-state index in [-0.39, 0.29) is 5.91 Å². The first-order valence-electron chi connectivity index (χ1n) is 11.6. The number of carbonyl (C=O) groups excluding carboxylic acids is 1. The standard InChI is InChI=1S/C28H28N4O/c33-28(15-10-22-8-11-24(12-9-22)23-6-2-1-3-7-23)30-26-13-14-27-25(20-26)21-29-32(27)19-18-31-16-4-5-17-31/h1-3,6-15,20-21H,4-5,16-19H2,(H,30,33). The van der Waals surface area contributed by atoms with Crippen LogP contribution in [0.25, 0.3) is 28.1 Å². The predicted molar refractivity (Wildman–Crippen MR) is 135 cm³/mol. The molecule has 4 aromatic rings. The maximum Gasteiger partial charge on any atom is 0.248 e. The van der Waals surface area contributed by atoms with Crippen LogP contribution in [-0.2, 0) is 11.3 Å². The molecule has 5 nitrogen and oxygen atoms in total. The zero-order chi connectivity index (χ0) is 22.5. The quantitative estimate of drug-likeness (QED) is 0.392. The van der Waals surface area contributed by atoms with Crippen molar-refractivity contribution < 1.29 is 4.79 Å². The van der Waals surface area contributed by atoms with Crippen LogP contribution in [0.2, 0.25) is 0 Å². The van der Waals surface area contributed by atoms with Crippen LogP contribution in [0.5, 0.6) is 0 Å². The summed E-state index contributed by atoms with van der Waals surface area (Å²) in [5.74, 6) is -0.150. The average molecular weight is 437 g/mol. The molecule has 1 aliphatic rings. The van der Waals surface area contributed by atoms with Gasteiger partial charge in [-0.05, 0) is 66.9 Å². The SMILES string of the molecule is O=C(C=Cc1ccc(-c2ccccc2)cc1)Nc1ccc2c(cnn2CCN2CCCC2)c1. The van der Waals surface area contributed by atoms with E-state index in [2.05, 4.69) is 44.3 Å². The van der Waals surface area contributed by atoms with Gasteiger partial charge < -0.3 is 10.2 Å². The van der Waals surface area contributed by atoms with Crippen molar-refractivity contribution in [3.8, 4) is 11.1 Å². The minimum absolute atomic E-state index is 0.150. The molecule has 0 atom stereocenters. The molecule has 0 aliphatic carbocycles. The molecule has 166 valence electrons. The Labute approximate surface area is 194 Å². The maximum atomic E-state index is 12.4. The van der Waals surface area contributed by atoms with Crippen molar-refractivity contribution in [2.45, 2.75) is 19.4 Å². The van der Waals surface area contributed by atoms with Crippen LogP contribution in [0.1, 0.15) is 18.4 Å². The molecule has 0 unspecified atom stereocenters. The second-order valence-corrected chi connectivity index (χ2v) is 8.50. The number of rotatable bonds is 7. The molecule has 3 aromatic carbocycles. The van der Waals surface area contributed by atoms with Crippen LogP contribution < -0.4 is 5.32 Å². The van der Waals surface area contributed by atoms with Gasteiger partial charge in [-0.25, -0.2) is 0 Å². The molecule has 2 heterocycles. The number of hydrogen-bond acceptors (Lipinski definition) is 3. The molecule has 1 fully saturated rings. The number of aromatic nitrogens is 2. The number of likely N-dealkylation sites (tertiary alicyclic amines) is 1. The van der Waals surface area contributed by atoms with Gasteiger partial charge in [-0.3, -0.25) is 9.48 Å². The fourth-order valence-corrected chi connectivity index (χ4v) is 4.36. The minimum Gasteiger partial charge on any atom is -0.322 e. The summed E-state index contributed by atoms with van der Waals surface area (Å²) in [4.78, 5) is 14.9. The van der Waals surface area contributed by atoms with E-state index in [1.807, 2.05) is 60.8 Å². The van der Waals surface area contributed by atoms with Gasteiger partial charge in [0.2, 0.25) is 5.91 Å². The molecule has 1 aliphatic heterocycles. The highest BCUT2D eigenvalue weighted by atomic mass is 16.1. The van der Waals surface area contributed by atoms with E-state index in [0.29, 0.717) is 0 Å². The molecule has 5 rings (SSSR count). The van der Waals surface area contributed by atoms with Crippen molar-refractivity contribution in [2.75, 3.05) is 25.0 Å². The van der Waals surface area contributed by atoms with Crippen molar-refractivity contribution in [1.29, 1.82) is 0 Å². The fraction of sp³-hybridized carbons (Fsp3) is 0.214. The summed E-state index contributed by atoms with van der Waals surface area (Å²) in [6.07, 6.45) is 7.88. The van der Waals surface area contributed by atoms with Crippen LogP contribution in [0.15, 0.2) is 85.1 Å². The predicted octanol–water partition coefficient (Wildman–Crippen LogP) is 5.45. The van der Waals surface area contributed by atoms with Gasteiger partial charge in [0.25, 0.3) is 0 Å². The highest BCUT2D eigenvalue weighted by Crippen LogP contribution is 2.21. The lowest BCUT2D eigenvalue weighted by molar-refractivity contribution is -0.111. The number of nitrogens with zero attached hydrogens (tertiary/aromatic N) is 3. The van der Waals surface area contributed by atoms with E-state index in [9.17, 15) is 4.79 Å². The van der Waals surface area contributed by atoms with E-state index in [0.717, 1.165) is 40.8 Å². The van der Waals surface area contributed by atoms with Gasteiger partial charge in [0.1, 0.15) is 0 Å². The number of anilines is 1. The van der Waals surface area contributed by atoms with Crippen LogP contribution in [0, 0.1) is 0 Å². The van der Waals surface area contributed by atoms with E-state index in [1.165, 1.54) is 31.5 Å². The molecule has 1 N–H and O–H groups in total. The summed E-state index contributed by atoms with van der Waals surface area (Å²) in [5.41, 5.74) is 5.20. The van der Waals surface area contributed by atoms with Gasteiger partial charge in [-0.2, -0.15) is 5.10 Å². The summed E-state index contributed by atoms with van der Waals surface area (Å²) < 4.78 is 2.05. The second-order valence-electron chi connectivity index (χ2n) is 8.50. The molecule has 0 spiro atoms. The number of amides is 1. The van der Waals surface area contributed by atoms with Crippen LogP contribution in [0.3, 0.4) is 0 Å². The molecule has 0 saturated carbocycles. The first-order valence-corrected chi connectivity index (χ1v) is 11.6. The molecular weight excluding hydrogens is 408 g/mol. The Kier molecular flexibility index (Phi) is 6.31. The highest BCUT2D eigenvalue weighted by Gasteiger charge is 2.12. The smallest absolute Gasteiger partial charge is 0.248 e. The summed E-state index contributed by atoms with van der Waals surface area (Å²) in [6, 6.07) is 24.4. The Morgan fingerprint density at radius 2 is 1.67 bits per heavy atom. The first kappa shape index (κ1) is 21.2. The normalized spacial score (nSPS) is 14.3. The third-order valence-electron chi connectivity index (χ3n) is 6.18. The Bertz CT molecular complexity index is 1250. The Hall–Kier alpha value is -3.70. The Balaban J connectivity index is 1.19. The maximum absolute atomic E-state index is 12.4. The zero-order valence-corrected chi connectivity index (χ0v) is 18.7. The number of nitrogens with one attached hydrogen (secondary N) is 1. The van der Waals surface area contributed by atoms with Gasteiger partial charge >= 0.3 is 0 Å². The zero-order valence-electron chi connectivity index (χ0n) is 18.7. The van der Waals surface area contributed by atoms with Gasteiger partial charge in [0.15, 0.2) is 0 Å². The lowest BCUT2D eigenvalue weighted by Gasteiger charge is -2.14. The van der Waals surface area contributed by atoms with E-state index in [4.69, 9.17) is 0 Å². The number of carbonyl (C=O) groups is 1. The summed E-state index contributed by atoms with van der Waals surface area (Å²) >= 11 is 0. The average Bonchev–Trinajstić information content (AvgIpc) is 3.52. The van der Waals surface area contributed by atoms with E-state index >= 15 is 0 Å². The lowest BCUT2D eigenvalue weighted by Crippen LogP contribution is -2.24. The molecule has 33 heavy (non-hydrogen) atoms. The van der Waals surface area contributed by atoms with E-state index < -0.39 is 0 Å². The summed E-state index contributed by atoms with van der Waals surface area (Å²) in [6.45, 7) is 4.31. The number of fused-ring (bicyclic) bond motifs is 1. The number of benzene rings is 3. The molecule has 0 bridgehead atoms. The van der Waals surface area contributed by atoms with Gasteiger partial charge in [-0.1, -0.05) is 54.6 Å². The molecule has 0 radical (unpaired) electrons. The Morgan fingerprint density at radius 1 is 0.909 bits per heavy atom. The molecule has 1 saturated heterocycles. The van der Waals surface area contributed by atoms with Crippen LogP contribution in [0.4, 0.5) is 5.69 Å². The highest BCUT2D eigenvalue weighted by molar-refractivity contribution is 6.03. The fourth-order valence-electron chi connectivity index (χ4n) is 4.36. The summed E-state index contributed by atoms with van der Waals surface area (Å²) in [5, 5.41) is 8.54. The molecule has 1 aromatic heterocycles. The minimum atomic E-state index is -0.150. The third kappa shape index (κ3) is 5.21. The van der Waals surface area contributed by atoms with E-state index in [1.54, 1.807) is 6.08 Å². The van der Waals surface area contributed by atoms with Gasteiger partial charge in [-0.15, -0.1) is 0 Å². The van der Waals surface area contributed by atoms with Crippen molar-refractivity contribution in [3.05, 3.63) is 90.6 Å². The van der Waals surface area contributed by atoms with Crippen molar-refractivity contribution >= 4 is 28.6 Å². The first-order chi connectivity index (χ1) is 16.2. The van der Waals surface area contributed by atoms with Gasteiger partial charge in [0, 0.05) is 23.7 Å². The number of hydrogen-bond donors (Lipinski definition) is 1. The molecule has 1 amide bonds. The molecular formula is C28H28N4O. The Morgan fingerprint density at radius 3 is 2.45 bits per heavy atom.